The SMILES string of the molecule is CC1CC(C(=O)O)CN(C(=O)Nc2ccccc2CCC(F)(F)F)C1. The number of alkyl halides is 3. The summed E-state index contributed by atoms with van der Waals surface area (Å²) in [4.78, 5) is 25.0. The van der Waals surface area contributed by atoms with E-state index in [0.29, 0.717) is 24.2 Å². The van der Waals surface area contributed by atoms with Crippen LogP contribution < -0.4 is 5.32 Å². The largest absolute Gasteiger partial charge is 0.481 e. The summed E-state index contributed by atoms with van der Waals surface area (Å²) in [6.07, 6.45) is -4.97. The van der Waals surface area contributed by atoms with Gasteiger partial charge in [0.05, 0.1) is 5.92 Å². The number of carboxylic acids is 1. The maximum absolute atomic E-state index is 12.4. The first kappa shape index (κ1) is 19.1. The molecule has 1 aliphatic heterocycles. The summed E-state index contributed by atoms with van der Waals surface area (Å²) in [5.74, 6) is -1.54. The minimum absolute atomic E-state index is 0.0427. The number of amides is 2. The number of urea groups is 1. The summed E-state index contributed by atoms with van der Waals surface area (Å²) in [6, 6.07) is 5.85. The highest BCUT2D eigenvalue weighted by Gasteiger charge is 2.32. The fraction of sp³-hybridized carbons (Fsp3) is 0.529. The highest BCUT2D eigenvalue weighted by molar-refractivity contribution is 5.90. The van der Waals surface area contributed by atoms with Gasteiger partial charge >= 0.3 is 18.2 Å². The number of carbonyl (C=O) groups excluding carboxylic acids is 1. The number of hydrogen-bond donors (Lipinski definition) is 2. The summed E-state index contributed by atoms with van der Waals surface area (Å²) in [5.41, 5.74) is 0.717. The summed E-state index contributed by atoms with van der Waals surface area (Å²) in [6.45, 7) is 2.38. The third kappa shape index (κ3) is 5.65. The molecule has 0 saturated carbocycles. The second-order valence-electron chi connectivity index (χ2n) is 6.48. The molecule has 2 unspecified atom stereocenters. The Kier molecular flexibility index (Phi) is 5.92. The van der Waals surface area contributed by atoms with Gasteiger partial charge in [-0.25, -0.2) is 4.79 Å². The van der Waals surface area contributed by atoms with Gasteiger partial charge in [-0.2, -0.15) is 13.2 Å². The van der Waals surface area contributed by atoms with Gasteiger partial charge in [-0.15, -0.1) is 0 Å². The average Bonchev–Trinajstić information content (AvgIpc) is 2.52. The van der Waals surface area contributed by atoms with Gasteiger partial charge in [0.2, 0.25) is 0 Å². The molecule has 1 heterocycles. The number of anilines is 1. The predicted octanol–water partition coefficient (Wildman–Crippen LogP) is 3.76. The fourth-order valence-corrected chi connectivity index (χ4v) is 3.03. The number of benzene rings is 1. The lowest BCUT2D eigenvalue weighted by atomic mass is 9.91. The normalized spacial score (nSPS) is 21.0. The van der Waals surface area contributed by atoms with Gasteiger partial charge in [0.1, 0.15) is 0 Å². The summed E-state index contributed by atoms with van der Waals surface area (Å²) >= 11 is 0. The van der Waals surface area contributed by atoms with Crippen molar-refractivity contribution in [2.75, 3.05) is 18.4 Å². The minimum atomic E-state index is -4.27. The zero-order chi connectivity index (χ0) is 18.6. The molecule has 0 aliphatic carbocycles. The highest BCUT2D eigenvalue weighted by Crippen LogP contribution is 2.26. The molecule has 2 rings (SSSR count). The Hall–Kier alpha value is -2.25. The first-order valence-electron chi connectivity index (χ1n) is 8.09. The van der Waals surface area contributed by atoms with E-state index in [1.165, 1.54) is 4.90 Å². The Bertz CT molecular complexity index is 634. The van der Waals surface area contributed by atoms with Crippen molar-refractivity contribution in [1.82, 2.24) is 4.90 Å². The third-order valence-electron chi connectivity index (χ3n) is 4.23. The molecule has 2 N–H and O–H groups in total. The molecule has 0 aromatic heterocycles. The zero-order valence-electron chi connectivity index (χ0n) is 13.8. The number of halogens is 3. The summed E-state index contributed by atoms with van der Waals surface area (Å²) in [7, 11) is 0. The van der Waals surface area contributed by atoms with Crippen molar-refractivity contribution in [3.8, 4) is 0 Å². The monoisotopic (exact) mass is 358 g/mol. The first-order valence-corrected chi connectivity index (χ1v) is 8.09. The summed E-state index contributed by atoms with van der Waals surface area (Å²) in [5, 5.41) is 11.8. The van der Waals surface area contributed by atoms with Gasteiger partial charge in [0.25, 0.3) is 0 Å². The topological polar surface area (TPSA) is 69.6 Å². The zero-order valence-corrected chi connectivity index (χ0v) is 13.8. The lowest BCUT2D eigenvalue weighted by Gasteiger charge is -2.34. The van der Waals surface area contributed by atoms with Gasteiger partial charge in [-0.3, -0.25) is 4.79 Å². The Morgan fingerprint density at radius 3 is 2.60 bits per heavy atom. The Balaban J connectivity index is 2.06. The molecule has 5 nitrogen and oxygen atoms in total. The molecule has 1 fully saturated rings. The van der Waals surface area contributed by atoms with Crippen LogP contribution in [0.3, 0.4) is 0 Å². The number of likely N-dealkylation sites (tertiary alicyclic amines) is 1. The second kappa shape index (κ2) is 7.76. The molecule has 0 radical (unpaired) electrons. The number of aryl methyl sites for hydroxylation is 1. The maximum atomic E-state index is 12.4. The van der Waals surface area contributed by atoms with Gasteiger partial charge in [-0.05, 0) is 30.4 Å². The van der Waals surface area contributed by atoms with Crippen molar-refractivity contribution >= 4 is 17.7 Å². The van der Waals surface area contributed by atoms with Crippen LogP contribution in [0.4, 0.5) is 23.7 Å². The number of para-hydroxylation sites is 1. The molecule has 0 bridgehead atoms. The number of hydrogen-bond acceptors (Lipinski definition) is 2. The van der Waals surface area contributed by atoms with E-state index >= 15 is 0 Å². The van der Waals surface area contributed by atoms with Crippen molar-refractivity contribution in [1.29, 1.82) is 0 Å². The van der Waals surface area contributed by atoms with Crippen LogP contribution in [0, 0.1) is 11.8 Å². The van der Waals surface area contributed by atoms with E-state index in [4.69, 9.17) is 0 Å². The number of carboxylic acid groups (broad SMARTS) is 1. The number of nitrogens with zero attached hydrogens (tertiary/aromatic N) is 1. The van der Waals surface area contributed by atoms with E-state index in [0.717, 1.165) is 0 Å². The highest BCUT2D eigenvalue weighted by atomic mass is 19.4. The molecule has 2 amide bonds. The van der Waals surface area contributed by atoms with Crippen LogP contribution in [0.1, 0.15) is 25.3 Å². The molecule has 8 heteroatoms. The predicted molar refractivity (Wildman–Crippen MR) is 86.3 cm³/mol. The smallest absolute Gasteiger partial charge is 0.389 e. The second-order valence-corrected chi connectivity index (χ2v) is 6.48. The van der Waals surface area contributed by atoms with E-state index in [-0.39, 0.29) is 18.9 Å². The molecule has 25 heavy (non-hydrogen) atoms. The Morgan fingerprint density at radius 2 is 1.96 bits per heavy atom. The van der Waals surface area contributed by atoms with Crippen LogP contribution in [0.25, 0.3) is 0 Å². The fourth-order valence-electron chi connectivity index (χ4n) is 3.03. The van der Waals surface area contributed by atoms with Crippen molar-refractivity contribution in [2.24, 2.45) is 11.8 Å². The van der Waals surface area contributed by atoms with Crippen LogP contribution >= 0.6 is 0 Å². The first-order chi connectivity index (χ1) is 11.7. The molecule has 0 spiro atoms. The van der Waals surface area contributed by atoms with Crippen molar-refractivity contribution in [3.63, 3.8) is 0 Å². The van der Waals surface area contributed by atoms with Crippen molar-refractivity contribution < 1.29 is 27.9 Å². The Morgan fingerprint density at radius 1 is 1.28 bits per heavy atom. The molecule has 1 saturated heterocycles. The van der Waals surface area contributed by atoms with Crippen LogP contribution in [0.2, 0.25) is 0 Å². The number of nitrogens with one attached hydrogen (secondary N) is 1. The molecular formula is C17H21F3N2O3. The Labute approximate surface area is 143 Å². The molecule has 1 aromatic rings. The van der Waals surface area contributed by atoms with Crippen molar-refractivity contribution in [2.45, 2.75) is 32.4 Å². The number of aliphatic carboxylic acids is 1. The lowest BCUT2D eigenvalue weighted by Crippen LogP contribution is -2.47. The van der Waals surface area contributed by atoms with E-state index in [1.807, 2.05) is 6.92 Å². The number of rotatable bonds is 4. The van der Waals surface area contributed by atoms with Crippen LogP contribution in [0.15, 0.2) is 24.3 Å². The van der Waals surface area contributed by atoms with E-state index in [1.54, 1.807) is 24.3 Å². The third-order valence-corrected chi connectivity index (χ3v) is 4.23. The van der Waals surface area contributed by atoms with E-state index in [2.05, 4.69) is 5.32 Å². The number of piperidine rings is 1. The van der Waals surface area contributed by atoms with Crippen molar-refractivity contribution in [3.05, 3.63) is 29.8 Å². The standard InChI is InChI=1S/C17H21F3N2O3/c1-11-8-13(15(23)24)10-22(9-11)16(25)21-14-5-3-2-4-12(14)6-7-17(18,19)20/h2-5,11,13H,6-10H2,1H3,(H,21,25)(H,23,24). The molecule has 138 valence electrons. The number of carbonyl (C=O) groups is 2. The average molecular weight is 358 g/mol. The molecule has 1 aromatic carbocycles. The quantitative estimate of drug-likeness (QED) is 0.861. The van der Waals surface area contributed by atoms with Gasteiger partial charge in [0, 0.05) is 25.2 Å². The van der Waals surface area contributed by atoms with Crippen LogP contribution in [0.5, 0.6) is 0 Å². The van der Waals surface area contributed by atoms with Gasteiger partial charge in [-0.1, -0.05) is 25.1 Å². The van der Waals surface area contributed by atoms with E-state index < -0.39 is 30.5 Å². The van der Waals surface area contributed by atoms with Gasteiger partial charge < -0.3 is 15.3 Å². The molecular weight excluding hydrogens is 337 g/mol. The molecule has 2 atom stereocenters. The van der Waals surface area contributed by atoms with Crippen LogP contribution in [-0.4, -0.2) is 41.3 Å². The van der Waals surface area contributed by atoms with E-state index in [9.17, 15) is 27.9 Å². The summed E-state index contributed by atoms with van der Waals surface area (Å²) < 4.78 is 37.3. The maximum Gasteiger partial charge on any atom is 0.389 e. The molecule has 1 aliphatic rings. The minimum Gasteiger partial charge on any atom is -0.481 e. The lowest BCUT2D eigenvalue weighted by molar-refractivity contribution is -0.143. The van der Waals surface area contributed by atoms with Crippen LogP contribution in [-0.2, 0) is 11.2 Å². The van der Waals surface area contributed by atoms with Gasteiger partial charge in [0.15, 0.2) is 0 Å².